The molecule has 1 aliphatic heterocycles. The summed E-state index contributed by atoms with van der Waals surface area (Å²) in [4.78, 5) is 26.6. The number of nitrogens with zero attached hydrogens (tertiary/aromatic N) is 1. The number of para-hydroxylation sites is 2. The van der Waals surface area contributed by atoms with Gasteiger partial charge >= 0.3 is 0 Å². The van der Waals surface area contributed by atoms with Crippen molar-refractivity contribution in [3.8, 4) is 0 Å². The zero-order valence-electron chi connectivity index (χ0n) is 14.1. The van der Waals surface area contributed by atoms with E-state index in [-0.39, 0.29) is 24.5 Å². The summed E-state index contributed by atoms with van der Waals surface area (Å²) < 4.78 is 5.38. The molecular formula is C20H22N2O3. The van der Waals surface area contributed by atoms with Crippen LogP contribution < -0.4 is 10.2 Å². The number of hydrogen-bond acceptors (Lipinski definition) is 4. The van der Waals surface area contributed by atoms with Crippen LogP contribution in [0.1, 0.15) is 23.2 Å². The largest absolute Gasteiger partial charge is 0.378 e. The quantitative estimate of drug-likeness (QED) is 0.822. The molecule has 2 aromatic rings. The second kappa shape index (κ2) is 8.44. The van der Waals surface area contributed by atoms with Crippen LogP contribution in [0, 0.1) is 0 Å². The van der Waals surface area contributed by atoms with Gasteiger partial charge in [0.15, 0.2) is 5.78 Å². The third-order valence-corrected chi connectivity index (χ3v) is 4.20. The lowest BCUT2D eigenvalue weighted by atomic mass is 10.1. The average molecular weight is 338 g/mol. The molecule has 1 fully saturated rings. The Bertz CT molecular complexity index is 725. The van der Waals surface area contributed by atoms with E-state index in [9.17, 15) is 9.59 Å². The fourth-order valence-electron chi connectivity index (χ4n) is 2.87. The van der Waals surface area contributed by atoms with Crippen LogP contribution in [0.2, 0.25) is 0 Å². The summed E-state index contributed by atoms with van der Waals surface area (Å²) >= 11 is 0. The lowest BCUT2D eigenvalue weighted by Crippen LogP contribution is -2.36. The van der Waals surface area contributed by atoms with Crippen molar-refractivity contribution >= 4 is 23.1 Å². The van der Waals surface area contributed by atoms with Gasteiger partial charge in [0.2, 0.25) is 5.91 Å². The second-order valence-electron chi connectivity index (χ2n) is 5.95. The van der Waals surface area contributed by atoms with Crippen LogP contribution in [0.3, 0.4) is 0 Å². The molecule has 1 aliphatic rings. The smallest absolute Gasteiger partial charge is 0.224 e. The van der Waals surface area contributed by atoms with Crippen molar-refractivity contribution in [2.45, 2.75) is 12.8 Å². The molecule has 5 heteroatoms. The molecule has 5 nitrogen and oxygen atoms in total. The van der Waals surface area contributed by atoms with E-state index in [1.54, 1.807) is 12.1 Å². The lowest BCUT2D eigenvalue weighted by Gasteiger charge is -2.30. The number of carbonyl (C=O) groups excluding carboxylic acids is 2. The number of ketones is 1. The monoisotopic (exact) mass is 338 g/mol. The fraction of sp³-hybridized carbons (Fsp3) is 0.300. The standard InChI is InChI=1S/C20H22N2O3/c23-19(16-6-2-1-3-7-16)10-11-20(24)21-17-8-4-5-9-18(17)22-12-14-25-15-13-22/h1-9H,10-15H2,(H,21,24). The minimum absolute atomic E-state index is 0.0165. The van der Waals surface area contributed by atoms with Gasteiger partial charge in [-0.3, -0.25) is 9.59 Å². The molecule has 0 bridgehead atoms. The molecule has 3 rings (SSSR count). The molecule has 1 heterocycles. The van der Waals surface area contributed by atoms with Gasteiger partial charge in [-0.2, -0.15) is 0 Å². The number of anilines is 2. The van der Waals surface area contributed by atoms with Gasteiger partial charge in [-0.05, 0) is 12.1 Å². The maximum absolute atomic E-state index is 12.3. The number of amides is 1. The van der Waals surface area contributed by atoms with E-state index in [4.69, 9.17) is 4.74 Å². The minimum Gasteiger partial charge on any atom is -0.378 e. The predicted octanol–water partition coefficient (Wildman–Crippen LogP) is 3.12. The molecule has 130 valence electrons. The van der Waals surface area contributed by atoms with Crippen LogP contribution in [-0.2, 0) is 9.53 Å². The highest BCUT2D eigenvalue weighted by Gasteiger charge is 2.16. The number of nitrogens with one attached hydrogen (secondary N) is 1. The van der Waals surface area contributed by atoms with Gasteiger partial charge in [0.05, 0.1) is 24.6 Å². The topological polar surface area (TPSA) is 58.6 Å². The normalized spacial score (nSPS) is 14.2. The maximum Gasteiger partial charge on any atom is 0.224 e. The van der Waals surface area contributed by atoms with Crippen molar-refractivity contribution in [3.63, 3.8) is 0 Å². The SMILES string of the molecule is O=C(CCC(=O)c1ccccc1)Nc1ccccc1N1CCOCC1. The molecule has 2 aromatic carbocycles. The van der Waals surface area contributed by atoms with Crippen molar-refractivity contribution < 1.29 is 14.3 Å². The molecule has 25 heavy (non-hydrogen) atoms. The first-order valence-corrected chi connectivity index (χ1v) is 8.54. The van der Waals surface area contributed by atoms with Crippen LogP contribution in [-0.4, -0.2) is 38.0 Å². The van der Waals surface area contributed by atoms with Gasteiger partial charge in [0.25, 0.3) is 0 Å². The molecule has 1 amide bonds. The van der Waals surface area contributed by atoms with E-state index >= 15 is 0 Å². The summed E-state index contributed by atoms with van der Waals surface area (Å²) in [5.41, 5.74) is 2.42. The third-order valence-electron chi connectivity index (χ3n) is 4.20. The summed E-state index contributed by atoms with van der Waals surface area (Å²) in [5.74, 6) is -0.165. The van der Waals surface area contributed by atoms with E-state index in [0.29, 0.717) is 18.8 Å². The first kappa shape index (κ1) is 17.2. The fourth-order valence-corrected chi connectivity index (χ4v) is 2.87. The number of morpholine rings is 1. The predicted molar refractivity (Wildman–Crippen MR) is 98.1 cm³/mol. The maximum atomic E-state index is 12.3. The number of Topliss-reactive ketones (excluding diaryl/α,β-unsaturated/α-hetero) is 1. The molecule has 0 unspecified atom stereocenters. The summed E-state index contributed by atoms with van der Waals surface area (Å²) in [6.45, 7) is 2.99. The van der Waals surface area contributed by atoms with Crippen LogP contribution in [0.4, 0.5) is 11.4 Å². The Morgan fingerprint density at radius 2 is 1.60 bits per heavy atom. The second-order valence-corrected chi connectivity index (χ2v) is 5.95. The summed E-state index contributed by atoms with van der Waals surface area (Å²) in [7, 11) is 0. The van der Waals surface area contributed by atoms with Crippen molar-refractivity contribution in [1.29, 1.82) is 0 Å². The molecule has 0 saturated carbocycles. The van der Waals surface area contributed by atoms with Gasteiger partial charge < -0.3 is 15.0 Å². The molecule has 0 aliphatic carbocycles. The Morgan fingerprint density at radius 3 is 2.36 bits per heavy atom. The van der Waals surface area contributed by atoms with Crippen LogP contribution in [0.5, 0.6) is 0 Å². The van der Waals surface area contributed by atoms with Crippen LogP contribution in [0.15, 0.2) is 54.6 Å². The van der Waals surface area contributed by atoms with Gasteiger partial charge in [-0.1, -0.05) is 42.5 Å². The van der Waals surface area contributed by atoms with E-state index in [0.717, 1.165) is 24.5 Å². The first-order valence-electron chi connectivity index (χ1n) is 8.54. The van der Waals surface area contributed by atoms with E-state index in [1.807, 2.05) is 42.5 Å². The Labute approximate surface area is 147 Å². The molecule has 0 spiro atoms. The van der Waals surface area contributed by atoms with E-state index < -0.39 is 0 Å². The molecule has 0 atom stereocenters. The number of ether oxygens (including phenoxy) is 1. The number of benzene rings is 2. The van der Waals surface area contributed by atoms with Crippen molar-refractivity contribution in [3.05, 3.63) is 60.2 Å². The third kappa shape index (κ3) is 4.67. The average Bonchev–Trinajstić information content (AvgIpc) is 2.68. The molecule has 0 radical (unpaired) electrons. The van der Waals surface area contributed by atoms with Crippen molar-refractivity contribution in [1.82, 2.24) is 0 Å². The molecule has 0 aromatic heterocycles. The zero-order chi connectivity index (χ0) is 17.5. The highest BCUT2D eigenvalue weighted by atomic mass is 16.5. The summed E-state index contributed by atoms with van der Waals surface area (Å²) in [6.07, 6.45) is 0.376. The summed E-state index contributed by atoms with van der Waals surface area (Å²) in [6, 6.07) is 16.8. The summed E-state index contributed by atoms with van der Waals surface area (Å²) in [5, 5.41) is 2.94. The first-order chi connectivity index (χ1) is 12.2. The number of carbonyl (C=O) groups is 2. The van der Waals surface area contributed by atoms with Gasteiger partial charge in [0, 0.05) is 31.5 Å². The zero-order valence-corrected chi connectivity index (χ0v) is 14.1. The Kier molecular flexibility index (Phi) is 5.80. The van der Waals surface area contributed by atoms with E-state index in [1.165, 1.54) is 0 Å². The molecular weight excluding hydrogens is 316 g/mol. The highest BCUT2D eigenvalue weighted by molar-refractivity contribution is 6.00. The highest BCUT2D eigenvalue weighted by Crippen LogP contribution is 2.26. The van der Waals surface area contributed by atoms with E-state index in [2.05, 4.69) is 10.2 Å². The van der Waals surface area contributed by atoms with Gasteiger partial charge in [-0.25, -0.2) is 0 Å². The Morgan fingerprint density at radius 1 is 0.920 bits per heavy atom. The molecule has 1 saturated heterocycles. The number of rotatable bonds is 6. The van der Waals surface area contributed by atoms with Crippen molar-refractivity contribution in [2.24, 2.45) is 0 Å². The Hall–Kier alpha value is -2.66. The lowest BCUT2D eigenvalue weighted by molar-refractivity contribution is -0.116. The number of hydrogen-bond donors (Lipinski definition) is 1. The van der Waals surface area contributed by atoms with Gasteiger partial charge in [-0.15, -0.1) is 0 Å². The van der Waals surface area contributed by atoms with Crippen molar-refractivity contribution in [2.75, 3.05) is 36.5 Å². The van der Waals surface area contributed by atoms with Crippen LogP contribution in [0.25, 0.3) is 0 Å². The minimum atomic E-state index is -0.148. The molecule has 1 N–H and O–H groups in total. The Balaban J connectivity index is 1.59. The van der Waals surface area contributed by atoms with Crippen LogP contribution >= 0.6 is 0 Å². The van der Waals surface area contributed by atoms with Gasteiger partial charge in [0.1, 0.15) is 0 Å².